The highest BCUT2D eigenvalue weighted by molar-refractivity contribution is 5.75. The minimum atomic E-state index is -0.252. The van der Waals surface area contributed by atoms with E-state index >= 15 is 0 Å². The molecule has 0 fully saturated rings. The third-order valence-electron chi connectivity index (χ3n) is 6.43. The van der Waals surface area contributed by atoms with Crippen molar-refractivity contribution in [2.24, 2.45) is 5.84 Å². The lowest BCUT2D eigenvalue weighted by Gasteiger charge is -2.24. The third kappa shape index (κ3) is 6.56. The highest BCUT2D eigenvalue weighted by atomic mass is 16.5. The Morgan fingerprint density at radius 3 is 2.39 bits per heavy atom. The maximum atomic E-state index is 12.6. The van der Waals surface area contributed by atoms with Crippen LogP contribution in [0.25, 0.3) is 0 Å². The van der Waals surface area contributed by atoms with Crippen molar-refractivity contribution in [3.05, 3.63) is 88.0 Å². The van der Waals surface area contributed by atoms with Gasteiger partial charge in [0, 0.05) is 13.0 Å². The number of nitrogen functional groups attached to an aromatic ring is 1. The summed E-state index contributed by atoms with van der Waals surface area (Å²) in [5, 5.41) is 1.50. The average Bonchev–Trinajstić information content (AvgIpc) is 2.86. The third-order valence-corrected chi connectivity index (χ3v) is 6.43. The van der Waals surface area contributed by atoms with Crippen molar-refractivity contribution in [1.82, 2.24) is 0 Å². The molecule has 0 unspecified atom stereocenters. The molecule has 0 saturated heterocycles. The molecule has 3 aromatic carbocycles. The molecular weight excluding hydrogens is 454 g/mol. The lowest BCUT2D eigenvalue weighted by molar-refractivity contribution is -0.143. The number of nitrogens with two attached hydrogens (primary N) is 2. The van der Waals surface area contributed by atoms with E-state index in [0.717, 1.165) is 44.8 Å². The molecule has 192 valence electrons. The first-order chi connectivity index (χ1) is 17.2. The molecule has 0 radical (unpaired) electrons. The van der Waals surface area contributed by atoms with Gasteiger partial charge in [-0.2, -0.15) is 0 Å². The van der Waals surface area contributed by atoms with Crippen LogP contribution < -0.4 is 21.3 Å². The van der Waals surface area contributed by atoms with Gasteiger partial charge >= 0.3 is 5.97 Å². The van der Waals surface area contributed by atoms with E-state index in [4.69, 9.17) is 25.8 Å². The molecule has 36 heavy (non-hydrogen) atoms. The van der Waals surface area contributed by atoms with Crippen molar-refractivity contribution < 1.29 is 19.0 Å². The van der Waals surface area contributed by atoms with Gasteiger partial charge in [-0.1, -0.05) is 36.4 Å². The number of carbonyl (C=O) groups is 1. The summed E-state index contributed by atoms with van der Waals surface area (Å²) in [5.74, 6) is 6.29. The molecule has 0 heterocycles. The maximum Gasteiger partial charge on any atom is 0.306 e. The standard InChI is InChI=1S/C29H37N3O4/c1-6-36-28(33)16-26(25-13-14-27(32(4)31)29(30)20(25)3)22-10-7-19(2)23(15-22)18-35-17-21-8-11-24(34-5)12-9-21/h7-15,26H,6,16-18,30-31H2,1-5H3/t26-/m1/s1. The van der Waals surface area contributed by atoms with Gasteiger partial charge < -0.3 is 25.0 Å². The number of carbonyl (C=O) groups excluding carboxylic acids is 1. The average molecular weight is 492 g/mol. The molecule has 0 aliphatic rings. The Hall–Kier alpha value is -3.55. The van der Waals surface area contributed by atoms with Crippen molar-refractivity contribution in [1.29, 1.82) is 0 Å². The summed E-state index contributed by atoms with van der Waals surface area (Å²) in [4.78, 5) is 12.6. The minimum Gasteiger partial charge on any atom is -0.497 e. The number of rotatable bonds is 11. The second-order valence-electron chi connectivity index (χ2n) is 8.91. The number of benzene rings is 3. The van der Waals surface area contributed by atoms with Gasteiger partial charge in [0.15, 0.2) is 0 Å². The van der Waals surface area contributed by atoms with Crippen LogP contribution in [-0.4, -0.2) is 26.7 Å². The van der Waals surface area contributed by atoms with Crippen LogP contribution in [0.15, 0.2) is 54.6 Å². The summed E-state index contributed by atoms with van der Waals surface area (Å²) in [5.41, 5.74) is 13.9. The van der Waals surface area contributed by atoms with Crippen molar-refractivity contribution in [2.45, 2.75) is 46.3 Å². The Balaban J connectivity index is 1.88. The van der Waals surface area contributed by atoms with Crippen molar-refractivity contribution in [3.8, 4) is 5.75 Å². The molecular formula is C29H37N3O4. The molecule has 0 amide bonds. The molecule has 0 aliphatic carbocycles. The van der Waals surface area contributed by atoms with Gasteiger partial charge in [0.2, 0.25) is 0 Å². The van der Waals surface area contributed by atoms with E-state index in [1.54, 1.807) is 14.2 Å². The zero-order valence-electron chi connectivity index (χ0n) is 21.8. The fourth-order valence-electron chi connectivity index (χ4n) is 4.27. The number of hydrogen-bond acceptors (Lipinski definition) is 7. The number of hydrazine groups is 1. The fraction of sp³-hybridized carbons (Fsp3) is 0.345. The van der Waals surface area contributed by atoms with Crippen LogP contribution in [-0.2, 0) is 27.5 Å². The lowest BCUT2D eigenvalue weighted by atomic mass is 9.84. The fourth-order valence-corrected chi connectivity index (χ4v) is 4.27. The number of anilines is 2. The van der Waals surface area contributed by atoms with Crippen LogP contribution in [0.1, 0.15) is 52.6 Å². The van der Waals surface area contributed by atoms with Gasteiger partial charge in [0.25, 0.3) is 0 Å². The van der Waals surface area contributed by atoms with Gasteiger partial charge in [0.1, 0.15) is 5.75 Å². The molecule has 0 bridgehead atoms. The molecule has 1 atom stereocenters. The summed E-state index contributed by atoms with van der Waals surface area (Å²) in [7, 11) is 3.40. The van der Waals surface area contributed by atoms with Crippen LogP contribution in [0.5, 0.6) is 5.75 Å². The number of hydrogen-bond donors (Lipinski definition) is 2. The van der Waals surface area contributed by atoms with E-state index in [2.05, 4.69) is 25.1 Å². The Labute approximate surface area is 213 Å². The van der Waals surface area contributed by atoms with Crippen LogP contribution in [0.3, 0.4) is 0 Å². The molecule has 7 nitrogen and oxygen atoms in total. The molecule has 7 heteroatoms. The van der Waals surface area contributed by atoms with E-state index in [1.165, 1.54) is 5.01 Å². The zero-order chi connectivity index (χ0) is 26.2. The summed E-state index contributed by atoms with van der Waals surface area (Å²) >= 11 is 0. The smallest absolute Gasteiger partial charge is 0.306 e. The van der Waals surface area contributed by atoms with Crippen molar-refractivity contribution in [3.63, 3.8) is 0 Å². The SMILES string of the molecule is CCOC(=O)C[C@H](c1ccc(C)c(COCc2ccc(OC)cc2)c1)c1ccc(N(C)N)c(N)c1C. The normalized spacial score (nSPS) is 11.7. The zero-order valence-corrected chi connectivity index (χ0v) is 21.8. The lowest BCUT2D eigenvalue weighted by Crippen LogP contribution is -2.26. The van der Waals surface area contributed by atoms with E-state index in [0.29, 0.717) is 25.5 Å². The number of nitrogens with zero attached hydrogens (tertiary/aromatic N) is 1. The number of ether oxygens (including phenoxy) is 3. The first-order valence-corrected chi connectivity index (χ1v) is 12.1. The Kier molecular flexibility index (Phi) is 9.33. The Bertz CT molecular complexity index is 1180. The van der Waals surface area contributed by atoms with Gasteiger partial charge in [0.05, 0.1) is 44.7 Å². The van der Waals surface area contributed by atoms with Crippen LogP contribution in [0.2, 0.25) is 0 Å². The maximum absolute atomic E-state index is 12.6. The van der Waals surface area contributed by atoms with E-state index < -0.39 is 0 Å². The second-order valence-corrected chi connectivity index (χ2v) is 8.91. The summed E-state index contributed by atoms with van der Waals surface area (Å²) in [6, 6.07) is 18.0. The largest absolute Gasteiger partial charge is 0.497 e. The highest BCUT2D eigenvalue weighted by Gasteiger charge is 2.23. The van der Waals surface area contributed by atoms with Crippen LogP contribution in [0, 0.1) is 13.8 Å². The van der Waals surface area contributed by atoms with Crippen molar-refractivity contribution >= 4 is 17.3 Å². The van der Waals surface area contributed by atoms with Crippen LogP contribution >= 0.6 is 0 Å². The summed E-state index contributed by atoms with van der Waals surface area (Å²) in [6.45, 7) is 7.11. The molecule has 3 rings (SSSR count). The van der Waals surface area contributed by atoms with Gasteiger partial charge in [-0.25, -0.2) is 5.84 Å². The second kappa shape index (κ2) is 12.4. The predicted molar refractivity (Wildman–Crippen MR) is 144 cm³/mol. The highest BCUT2D eigenvalue weighted by Crippen LogP contribution is 2.37. The van der Waals surface area contributed by atoms with Gasteiger partial charge in [-0.05, 0) is 72.4 Å². The molecule has 3 aromatic rings. The number of esters is 1. The first kappa shape index (κ1) is 27.0. The van der Waals surface area contributed by atoms with E-state index in [-0.39, 0.29) is 18.3 Å². The molecule has 0 saturated carbocycles. The Morgan fingerprint density at radius 1 is 1.03 bits per heavy atom. The minimum absolute atomic E-state index is 0.209. The summed E-state index contributed by atoms with van der Waals surface area (Å²) < 4.78 is 16.6. The van der Waals surface area contributed by atoms with Gasteiger partial charge in [-0.15, -0.1) is 0 Å². The number of aryl methyl sites for hydroxylation is 1. The Morgan fingerprint density at radius 2 is 1.75 bits per heavy atom. The topological polar surface area (TPSA) is 100 Å². The summed E-state index contributed by atoms with van der Waals surface area (Å²) in [6.07, 6.45) is 0.209. The van der Waals surface area contributed by atoms with Gasteiger partial charge in [-0.3, -0.25) is 4.79 Å². The molecule has 0 aliphatic heterocycles. The monoisotopic (exact) mass is 491 g/mol. The quantitative estimate of drug-likeness (QED) is 0.168. The first-order valence-electron chi connectivity index (χ1n) is 12.1. The molecule has 4 N–H and O–H groups in total. The number of methoxy groups -OCH3 is 1. The van der Waals surface area contributed by atoms with Crippen LogP contribution in [0.4, 0.5) is 11.4 Å². The van der Waals surface area contributed by atoms with E-state index in [1.807, 2.05) is 50.2 Å². The van der Waals surface area contributed by atoms with E-state index in [9.17, 15) is 4.79 Å². The predicted octanol–water partition coefficient (Wildman–Crippen LogP) is 5.01. The van der Waals surface area contributed by atoms with Crippen molar-refractivity contribution in [2.75, 3.05) is 31.5 Å². The molecule has 0 aromatic heterocycles. The molecule has 0 spiro atoms.